The van der Waals surface area contributed by atoms with E-state index >= 15 is 0 Å². The largest absolute Gasteiger partial charge is 0.481 e. The lowest BCUT2D eigenvalue weighted by molar-refractivity contribution is -0.151. The molecule has 0 aliphatic heterocycles. The highest BCUT2D eigenvalue weighted by Crippen LogP contribution is 2.17. The second kappa shape index (κ2) is 28.3. The molecule has 0 rings (SSSR count). The number of hydrogen-bond acceptors (Lipinski definition) is 3. The molecule has 0 aliphatic rings. The fourth-order valence-electron chi connectivity index (χ4n) is 4.64. The number of carbonyl (C=O) groups is 2. The summed E-state index contributed by atoms with van der Waals surface area (Å²) in [6.07, 6.45) is 32.1. The summed E-state index contributed by atoms with van der Waals surface area (Å²) in [7, 11) is 0. The second-order valence-corrected chi connectivity index (χ2v) is 10.6. The molecule has 1 N–H and O–H groups in total. The van der Waals surface area contributed by atoms with Crippen LogP contribution in [0.4, 0.5) is 0 Å². The van der Waals surface area contributed by atoms with Crippen LogP contribution in [0.5, 0.6) is 0 Å². The van der Waals surface area contributed by atoms with E-state index in [4.69, 9.17) is 9.84 Å². The van der Waals surface area contributed by atoms with Crippen LogP contribution in [0.1, 0.15) is 174 Å². The van der Waals surface area contributed by atoms with Crippen LogP contribution in [0.25, 0.3) is 0 Å². The van der Waals surface area contributed by atoms with Crippen molar-refractivity contribution in [2.45, 2.75) is 180 Å². The lowest BCUT2D eigenvalue weighted by Crippen LogP contribution is -2.19. The number of carboxylic acids is 1. The molecule has 0 saturated carbocycles. The van der Waals surface area contributed by atoms with E-state index in [0.29, 0.717) is 12.8 Å². The third-order valence-corrected chi connectivity index (χ3v) is 7.00. The van der Waals surface area contributed by atoms with Crippen LogP contribution in [0.15, 0.2) is 12.2 Å². The summed E-state index contributed by atoms with van der Waals surface area (Å²) in [6.45, 7) is 4.50. The first-order chi connectivity index (χ1) is 17.6. The highest BCUT2D eigenvalue weighted by molar-refractivity contribution is 5.69. The van der Waals surface area contributed by atoms with Crippen molar-refractivity contribution in [1.29, 1.82) is 0 Å². The van der Waals surface area contributed by atoms with Gasteiger partial charge in [0.15, 0.2) is 0 Å². The van der Waals surface area contributed by atoms with Gasteiger partial charge in [0.25, 0.3) is 0 Å². The van der Waals surface area contributed by atoms with Crippen LogP contribution in [0, 0.1) is 0 Å². The Balaban J connectivity index is 3.80. The molecule has 0 spiro atoms. The fourth-order valence-corrected chi connectivity index (χ4v) is 4.64. The molecule has 4 heteroatoms. The predicted octanol–water partition coefficient (Wildman–Crippen LogP) is 10.3. The Labute approximate surface area is 224 Å². The zero-order valence-corrected chi connectivity index (χ0v) is 24.1. The fraction of sp³-hybridized carbons (Fsp3) is 0.875. The first-order valence-electron chi connectivity index (χ1n) is 15.7. The summed E-state index contributed by atoms with van der Waals surface area (Å²) in [5.74, 6) is -0.964. The van der Waals surface area contributed by atoms with Crippen LogP contribution in [0.2, 0.25) is 0 Å². The van der Waals surface area contributed by atoms with Gasteiger partial charge < -0.3 is 9.84 Å². The Hall–Kier alpha value is -1.32. The van der Waals surface area contributed by atoms with Crippen LogP contribution in [-0.4, -0.2) is 23.1 Å². The summed E-state index contributed by atoms with van der Waals surface area (Å²) >= 11 is 0. The molecule has 0 aromatic rings. The number of unbranched alkanes of at least 4 members (excludes halogenated alkanes) is 18. The number of hydrogen-bond donors (Lipinski definition) is 1. The van der Waals surface area contributed by atoms with Gasteiger partial charge in [0.05, 0.1) is 0 Å². The van der Waals surface area contributed by atoms with Crippen LogP contribution < -0.4 is 0 Å². The molecular weight excluding hydrogens is 448 g/mol. The third-order valence-electron chi connectivity index (χ3n) is 7.00. The van der Waals surface area contributed by atoms with Crippen molar-refractivity contribution in [1.82, 2.24) is 0 Å². The molecular formula is C32H60O4. The van der Waals surface area contributed by atoms with Gasteiger partial charge in [-0.15, -0.1) is 0 Å². The van der Waals surface area contributed by atoms with Crippen molar-refractivity contribution in [3.05, 3.63) is 12.2 Å². The Morgan fingerprint density at radius 3 is 1.56 bits per heavy atom. The van der Waals surface area contributed by atoms with Gasteiger partial charge in [-0.25, -0.2) is 0 Å². The molecule has 4 nitrogen and oxygen atoms in total. The van der Waals surface area contributed by atoms with Crippen molar-refractivity contribution < 1.29 is 19.4 Å². The Kier molecular flexibility index (Phi) is 27.2. The zero-order chi connectivity index (χ0) is 26.5. The highest BCUT2D eigenvalue weighted by Gasteiger charge is 2.15. The average molecular weight is 509 g/mol. The number of allylic oxidation sites excluding steroid dienone is 2. The molecule has 212 valence electrons. The molecule has 0 aromatic carbocycles. The maximum Gasteiger partial charge on any atom is 0.306 e. The van der Waals surface area contributed by atoms with E-state index in [1.54, 1.807) is 0 Å². The van der Waals surface area contributed by atoms with Crippen molar-refractivity contribution in [2.24, 2.45) is 0 Å². The molecule has 0 aliphatic carbocycles. The Morgan fingerprint density at radius 1 is 0.583 bits per heavy atom. The minimum Gasteiger partial charge on any atom is -0.481 e. The van der Waals surface area contributed by atoms with E-state index in [1.165, 1.54) is 109 Å². The summed E-state index contributed by atoms with van der Waals surface area (Å²) in [4.78, 5) is 23.3. The molecule has 0 saturated heterocycles. The van der Waals surface area contributed by atoms with E-state index < -0.39 is 5.97 Å². The van der Waals surface area contributed by atoms with Crippen LogP contribution >= 0.6 is 0 Å². The monoisotopic (exact) mass is 508 g/mol. The zero-order valence-electron chi connectivity index (χ0n) is 24.1. The van der Waals surface area contributed by atoms with E-state index in [0.717, 1.165) is 32.1 Å². The lowest BCUT2D eigenvalue weighted by atomic mass is 10.0. The number of ether oxygens (including phenoxy) is 1. The summed E-state index contributed by atoms with van der Waals surface area (Å²) in [6, 6.07) is 0. The lowest BCUT2D eigenvalue weighted by Gasteiger charge is -2.17. The molecule has 1 atom stereocenters. The van der Waals surface area contributed by atoms with Crippen molar-refractivity contribution in [3.8, 4) is 0 Å². The van der Waals surface area contributed by atoms with E-state index in [2.05, 4.69) is 26.0 Å². The van der Waals surface area contributed by atoms with Crippen molar-refractivity contribution in [3.63, 3.8) is 0 Å². The normalized spacial score (nSPS) is 12.3. The molecule has 0 amide bonds. The number of carboxylic acid groups (broad SMARTS) is 1. The highest BCUT2D eigenvalue weighted by atomic mass is 16.5. The summed E-state index contributed by atoms with van der Waals surface area (Å²) in [5.41, 5.74) is 0. The molecule has 36 heavy (non-hydrogen) atoms. The number of aliphatic carboxylic acids is 1. The van der Waals surface area contributed by atoms with Gasteiger partial charge in [0, 0.05) is 12.8 Å². The van der Waals surface area contributed by atoms with Gasteiger partial charge in [-0.05, 0) is 51.4 Å². The van der Waals surface area contributed by atoms with Gasteiger partial charge in [-0.1, -0.05) is 122 Å². The van der Waals surface area contributed by atoms with Crippen LogP contribution in [-0.2, 0) is 14.3 Å². The standard InChI is InChI=1S/C32H60O4/c1-3-5-7-9-11-13-15-16-17-19-21-23-25-27-32(35)36-30(28-29-31(33)34)26-24-22-20-18-14-12-10-8-6-4-2/h13,15,30H,3-12,14,16-29H2,1-2H3,(H,33,34)/b15-13-. The second-order valence-electron chi connectivity index (χ2n) is 10.6. The van der Waals surface area contributed by atoms with E-state index in [9.17, 15) is 9.59 Å². The minimum atomic E-state index is -0.814. The van der Waals surface area contributed by atoms with Crippen molar-refractivity contribution >= 4 is 11.9 Å². The third kappa shape index (κ3) is 27.3. The van der Waals surface area contributed by atoms with E-state index in [-0.39, 0.29) is 18.5 Å². The van der Waals surface area contributed by atoms with Crippen molar-refractivity contribution in [2.75, 3.05) is 0 Å². The predicted molar refractivity (Wildman–Crippen MR) is 153 cm³/mol. The van der Waals surface area contributed by atoms with Gasteiger partial charge in [-0.3, -0.25) is 9.59 Å². The average Bonchev–Trinajstić information content (AvgIpc) is 2.86. The molecule has 1 unspecified atom stereocenters. The first-order valence-corrected chi connectivity index (χ1v) is 15.7. The molecule has 0 heterocycles. The Morgan fingerprint density at radius 2 is 1.03 bits per heavy atom. The number of rotatable bonds is 28. The van der Waals surface area contributed by atoms with Gasteiger partial charge in [-0.2, -0.15) is 0 Å². The van der Waals surface area contributed by atoms with Crippen LogP contribution in [0.3, 0.4) is 0 Å². The summed E-state index contributed by atoms with van der Waals surface area (Å²) < 4.78 is 5.68. The Bertz CT molecular complexity index is 514. The molecule has 0 bridgehead atoms. The first kappa shape index (κ1) is 34.7. The maximum absolute atomic E-state index is 12.3. The number of carbonyl (C=O) groups excluding carboxylic acids is 1. The topological polar surface area (TPSA) is 63.6 Å². The number of esters is 1. The van der Waals surface area contributed by atoms with Gasteiger partial charge in [0.1, 0.15) is 6.10 Å². The molecule has 0 fully saturated rings. The smallest absolute Gasteiger partial charge is 0.306 e. The molecule has 0 radical (unpaired) electrons. The molecule has 0 aromatic heterocycles. The van der Waals surface area contributed by atoms with Gasteiger partial charge in [0.2, 0.25) is 0 Å². The maximum atomic E-state index is 12.3. The minimum absolute atomic E-state index is 0.0723. The van der Waals surface area contributed by atoms with E-state index in [1.807, 2.05) is 0 Å². The summed E-state index contributed by atoms with van der Waals surface area (Å²) in [5, 5.41) is 9.03. The van der Waals surface area contributed by atoms with Gasteiger partial charge >= 0.3 is 11.9 Å². The SMILES string of the molecule is CCCCCC/C=C\CCCCCCCC(=O)OC(CCCCCCCCCCCC)CCC(=O)O. The quantitative estimate of drug-likeness (QED) is 0.0648.